The molecule has 0 aromatic heterocycles. The van der Waals surface area contributed by atoms with Gasteiger partial charge in [-0.1, -0.05) is 22.0 Å². The number of hydrogen-bond donors (Lipinski definition) is 1. The number of carbonyl (C=O) groups is 1. The van der Waals surface area contributed by atoms with E-state index >= 15 is 0 Å². The Hall–Kier alpha value is -0.870. The summed E-state index contributed by atoms with van der Waals surface area (Å²) in [5.74, 6) is -0.0897. The lowest BCUT2D eigenvalue weighted by Gasteiger charge is -2.25. The van der Waals surface area contributed by atoms with Crippen LogP contribution in [0.3, 0.4) is 0 Å². The first kappa shape index (κ1) is 15.5. The number of fused-ring (bicyclic) bond motifs is 1. The van der Waals surface area contributed by atoms with E-state index in [1.807, 2.05) is 6.92 Å². The highest BCUT2D eigenvalue weighted by Crippen LogP contribution is 2.24. The second-order valence-electron chi connectivity index (χ2n) is 5.22. The van der Waals surface area contributed by atoms with Gasteiger partial charge in [0.05, 0.1) is 6.61 Å². The fourth-order valence-electron chi connectivity index (χ4n) is 2.67. The molecule has 1 aliphatic carbocycles. The monoisotopic (exact) mass is 339 g/mol. The zero-order chi connectivity index (χ0) is 14.4. The van der Waals surface area contributed by atoms with Gasteiger partial charge in [0, 0.05) is 16.9 Å². The van der Waals surface area contributed by atoms with Gasteiger partial charge in [-0.2, -0.15) is 0 Å². The molecule has 0 amide bonds. The zero-order valence-corrected chi connectivity index (χ0v) is 13.5. The highest BCUT2D eigenvalue weighted by molar-refractivity contribution is 9.10. The van der Waals surface area contributed by atoms with E-state index in [4.69, 9.17) is 4.74 Å². The molecule has 1 N–H and O–H groups in total. The lowest BCUT2D eigenvalue weighted by molar-refractivity contribution is -0.143. The summed E-state index contributed by atoms with van der Waals surface area (Å²) in [5, 5.41) is 3.56. The van der Waals surface area contributed by atoms with Crippen molar-refractivity contribution in [3.63, 3.8) is 0 Å². The average molecular weight is 340 g/mol. The quantitative estimate of drug-likeness (QED) is 0.638. The zero-order valence-electron chi connectivity index (χ0n) is 12.0. The maximum absolute atomic E-state index is 11.2. The van der Waals surface area contributed by atoms with Crippen molar-refractivity contribution < 1.29 is 9.53 Å². The Bertz CT molecular complexity index is 462. The van der Waals surface area contributed by atoms with Crippen LogP contribution in [0.2, 0.25) is 0 Å². The highest BCUT2D eigenvalue weighted by atomic mass is 79.9. The number of halogens is 1. The van der Waals surface area contributed by atoms with Crippen molar-refractivity contribution >= 4 is 21.9 Å². The summed E-state index contributed by atoms with van der Waals surface area (Å²) >= 11 is 3.52. The standard InChI is InChI=1S/C16H22BrNO2/c1-2-20-16(19)4-3-9-18-15-8-6-12-10-14(17)7-5-13(12)11-15/h5,7,10,15,18H,2-4,6,8-9,11H2,1H3. The molecule has 1 aromatic rings. The predicted molar refractivity (Wildman–Crippen MR) is 83.8 cm³/mol. The van der Waals surface area contributed by atoms with E-state index in [1.54, 1.807) is 0 Å². The van der Waals surface area contributed by atoms with Crippen LogP contribution in [0, 0.1) is 0 Å². The third-order valence-electron chi connectivity index (χ3n) is 3.69. The van der Waals surface area contributed by atoms with Crippen molar-refractivity contribution in [1.82, 2.24) is 5.32 Å². The minimum atomic E-state index is -0.0897. The molecule has 0 bridgehead atoms. The van der Waals surface area contributed by atoms with Crippen molar-refractivity contribution in [2.45, 2.75) is 45.1 Å². The summed E-state index contributed by atoms with van der Waals surface area (Å²) in [5.41, 5.74) is 2.91. The van der Waals surface area contributed by atoms with E-state index in [2.05, 4.69) is 39.4 Å². The normalized spacial score (nSPS) is 17.6. The van der Waals surface area contributed by atoms with Gasteiger partial charge in [-0.15, -0.1) is 0 Å². The van der Waals surface area contributed by atoms with Gasteiger partial charge in [-0.05, 0) is 62.4 Å². The summed E-state index contributed by atoms with van der Waals surface area (Å²) < 4.78 is 6.08. The third kappa shape index (κ3) is 4.60. The maximum Gasteiger partial charge on any atom is 0.305 e. The molecule has 110 valence electrons. The molecule has 1 aliphatic rings. The number of nitrogens with one attached hydrogen (secondary N) is 1. The van der Waals surface area contributed by atoms with Crippen LogP contribution in [-0.4, -0.2) is 25.2 Å². The summed E-state index contributed by atoms with van der Waals surface area (Å²) in [7, 11) is 0. The number of benzene rings is 1. The molecule has 1 aromatic carbocycles. The number of rotatable bonds is 6. The largest absolute Gasteiger partial charge is 0.466 e. The molecule has 0 saturated heterocycles. The van der Waals surface area contributed by atoms with E-state index < -0.39 is 0 Å². The molecular weight excluding hydrogens is 318 g/mol. The molecule has 0 fully saturated rings. The predicted octanol–water partition coefficient (Wildman–Crippen LogP) is 3.24. The lowest BCUT2D eigenvalue weighted by atomic mass is 9.88. The number of carbonyl (C=O) groups excluding carboxylic acids is 1. The van der Waals surface area contributed by atoms with Gasteiger partial charge in [-0.3, -0.25) is 4.79 Å². The Morgan fingerprint density at radius 3 is 3.10 bits per heavy atom. The van der Waals surface area contributed by atoms with Crippen LogP contribution in [0.25, 0.3) is 0 Å². The fraction of sp³-hybridized carbons (Fsp3) is 0.562. The summed E-state index contributed by atoms with van der Waals surface area (Å²) in [6, 6.07) is 7.09. The van der Waals surface area contributed by atoms with Crippen LogP contribution in [0.15, 0.2) is 22.7 Å². The minimum Gasteiger partial charge on any atom is -0.466 e. The maximum atomic E-state index is 11.2. The van der Waals surface area contributed by atoms with Crippen LogP contribution in [0.4, 0.5) is 0 Å². The SMILES string of the molecule is CCOC(=O)CCCNC1CCc2cc(Br)ccc2C1. The van der Waals surface area contributed by atoms with Crippen LogP contribution in [0.5, 0.6) is 0 Å². The Balaban J connectivity index is 1.71. The summed E-state index contributed by atoms with van der Waals surface area (Å²) in [6.07, 6.45) is 4.74. The van der Waals surface area contributed by atoms with Crippen molar-refractivity contribution in [1.29, 1.82) is 0 Å². The lowest BCUT2D eigenvalue weighted by Crippen LogP contribution is -2.35. The fourth-order valence-corrected chi connectivity index (χ4v) is 3.08. The highest BCUT2D eigenvalue weighted by Gasteiger charge is 2.18. The first-order chi connectivity index (χ1) is 9.69. The van der Waals surface area contributed by atoms with E-state index in [-0.39, 0.29) is 5.97 Å². The number of aryl methyl sites for hydroxylation is 1. The Kier molecular flexibility index (Phi) is 6.05. The Labute approximate surface area is 129 Å². The van der Waals surface area contributed by atoms with E-state index in [0.29, 0.717) is 19.1 Å². The van der Waals surface area contributed by atoms with Gasteiger partial charge in [-0.25, -0.2) is 0 Å². The van der Waals surface area contributed by atoms with Crippen molar-refractivity contribution in [2.75, 3.05) is 13.2 Å². The molecule has 0 radical (unpaired) electrons. The Morgan fingerprint density at radius 2 is 2.30 bits per heavy atom. The van der Waals surface area contributed by atoms with E-state index in [0.717, 1.165) is 30.3 Å². The van der Waals surface area contributed by atoms with Gasteiger partial charge in [0.1, 0.15) is 0 Å². The molecule has 0 spiro atoms. The minimum absolute atomic E-state index is 0.0897. The number of ether oxygens (including phenoxy) is 1. The van der Waals surface area contributed by atoms with Crippen molar-refractivity contribution in [2.24, 2.45) is 0 Å². The molecule has 1 atom stereocenters. The van der Waals surface area contributed by atoms with Gasteiger partial charge in [0.25, 0.3) is 0 Å². The molecule has 0 saturated carbocycles. The van der Waals surface area contributed by atoms with Gasteiger partial charge < -0.3 is 10.1 Å². The molecule has 2 rings (SSSR count). The third-order valence-corrected chi connectivity index (χ3v) is 4.19. The summed E-state index contributed by atoms with van der Waals surface area (Å²) in [4.78, 5) is 11.2. The molecule has 0 heterocycles. The molecule has 20 heavy (non-hydrogen) atoms. The van der Waals surface area contributed by atoms with Crippen molar-refractivity contribution in [3.8, 4) is 0 Å². The average Bonchev–Trinajstić information content (AvgIpc) is 2.44. The molecular formula is C16H22BrNO2. The number of hydrogen-bond acceptors (Lipinski definition) is 3. The number of esters is 1. The smallest absolute Gasteiger partial charge is 0.305 e. The Morgan fingerprint density at radius 1 is 1.45 bits per heavy atom. The van der Waals surface area contributed by atoms with Crippen molar-refractivity contribution in [3.05, 3.63) is 33.8 Å². The second-order valence-corrected chi connectivity index (χ2v) is 6.13. The molecule has 1 unspecified atom stereocenters. The van der Waals surface area contributed by atoms with Crippen LogP contribution < -0.4 is 5.32 Å². The van der Waals surface area contributed by atoms with Crippen LogP contribution in [0.1, 0.15) is 37.3 Å². The van der Waals surface area contributed by atoms with Gasteiger partial charge in [0.15, 0.2) is 0 Å². The van der Waals surface area contributed by atoms with Crippen LogP contribution in [-0.2, 0) is 22.4 Å². The van der Waals surface area contributed by atoms with Gasteiger partial charge >= 0.3 is 5.97 Å². The van der Waals surface area contributed by atoms with E-state index in [9.17, 15) is 4.79 Å². The second kappa shape index (κ2) is 7.79. The van der Waals surface area contributed by atoms with Gasteiger partial charge in [0.2, 0.25) is 0 Å². The molecule has 3 nitrogen and oxygen atoms in total. The first-order valence-electron chi connectivity index (χ1n) is 7.35. The summed E-state index contributed by atoms with van der Waals surface area (Å²) in [6.45, 7) is 3.20. The molecule has 0 aliphatic heterocycles. The molecule has 4 heteroatoms. The first-order valence-corrected chi connectivity index (χ1v) is 8.14. The van der Waals surface area contributed by atoms with Crippen LogP contribution >= 0.6 is 15.9 Å². The topological polar surface area (TPSA) is 38.3 Å². The van der Waals surface area contributed by atoms with E-state index in [1.165, 1.54) is 17.5 Å².